The number of thioether (sulfide) groups is 1. The average Bonchev–Trinajstić information content (AvgIpc) is 3.01. The van der Waals surface area contributed by atoms with Crippen molar-refractivity contribution < 1.29 is 4.79 Å². The highest BCUT2D eigenvalue weighted by atomic mass is 32.2. The predicted octanol–water partition coefficient (Wildman–Crippen LogP) is 5.13. The number of amides is 1. The molecule has 0 saturated carbocycles. The average molecular weight is 390 g/mol. The summed E-state index contributed by atoms with van der Waals surface area (Å²) in [5.74, 6) is 0.678. The lowest BCUT2D eigenvalue weighted by Crippen LogP contribution is -2.33. The maximum atomic E-state index is 12.7. The lowest BCUT2D eigenvalue weighted by atomic mass is 10.0. The number of nitrogens with zero attached hydrogens (tertiary/aromatic N) is 2. The number of carbonyl (C=O) groups is 1. The lowest BCUT2D eigenvalue weighted by molar-refractivity contribution is 0.102. The number of piperidine rings is 1. The van der Waals surface area contributed by atoms with E-state index in [2.05, 4.69) is 41.4 Å². The molecular formula is C20H27N3OS2. The lowest BCUT2D eigenvalue weighted by Gasteiger charge is -2.30. The van der Waals surface area contributed by atoms with Gasteiger partial charge in [0.15, 0.2) is 5.13 Å². The van der Waals surface area contributed by atoms with Crippen LogP contribution in [-0.4, -0.2) is 34.1 Å². The summed E-state index contributed by atoms with van der Waals surface area (Å²) in [4.78, 5) is 20.8. The number of rotatable bonds is 6. The van der Waals surface area contributed by atoms with Gasteiger partial charge < -0.3 is 0 Å². The smallest absolute Gasteiger partial charge is 0.258 e. The number of hydrogen-bond acceptors (Lipinski definition) is 5. The molecule has 0 aliphatic carbocycles. The van der Waals surface area contributed by atoms with Crippen LogP contribution in [0.25, 0.3) is 0 Å². The van der Waals surface area contributed by atoms with Gasteiger partial charge in [0.2, 0.25) is 0 Å². The maximum absolute atomic E-state index is 12.7. The summed E-state index contributed by atoms with van der Waals surface area (Å²) in [5, 5.41) is 6.15. The van der Waals surface area contributed by atoms with Gasteiger partial charge in [-0.05, 0) is 37.4 Å². The Balaban J connectivity index is 1.63. The molecule has 1 aromatic heterocycles. The molecule has 1 fully saturated rings. The highest BCUT2D eigenvalue weighted by molar-refractivity contribution is 8.00. The third-order valence-corrected chi connectivity index (χ3v) is 6.28. The molecule has 1 aliphatic rings. The van der Waals surface area contributed by atoms with E-state index < -0.39 is 0 Å². The summed E-state index contributed by atoms with van der Waals surface area (Å²) in [6.45, 7) is 9.73. The first-order valence-corrected chi connectivity index (χ1v) is 11.0. The number of aromatic nitrogens is 1. The van der Waals surface area contributed by atoms with E-state index in [-0.39, 0.29) is 5.91 Å². The molecule has 4 nitrogen and oxygen atoms in total. The standard InChI is InChI=1S/C20H27N3OS2/c1-14(2)26-18-9-5-4-8-17(18)19(24)22-20-21-16(13-25-20)12-23-10-6-7-15(3)11-23/h4-5,8-9,13-15H,6-7,10-12H2,1-3H3,(H,21,22,24). The van der Waals surface area contributed by atoms with E-state index in [1.807, 2.05) is 24.3 Å². The number of benzene rings is 1. The van der Waals surface area contributed by atoms with Gasteiger partial charge in [-0.25, -0.2) is 4.98 Å². The van der Waals surface area contributed by atoms with E-state index in [0.29, 0.717) is 15.9 Å². The fourth-order valence-corrected chi connectivity index (χ4v) is 4.92. The molecule has 6 heteroatoms. The molecule has 1 aliphatic heterocycles. The summed E-state index contributed by atoms with van der Waals surface area (Å²) in [6.07, 6.45) is 2.59. The van der Waals surface area contributed by atoms with Crippen molar-refractivity contribution in [3.8, 4) is 0 Å². The molecule has 0 radical (unpaired) electrons. The number of likely N-dealkylation sites (tertiary alicyclic amines) is 1. The van der Waals surface area contributed by atoms with Crippen molar-refractivity contribution in [3.05, 3.63) is 40.9 Å². The third-order valence-electron chi connectivity index (χ3n) is 4.39. The van der Waals surface area contributed by atoms with Gasteiger partial charge in [0, 0.05) is 28.6 Å². The van der Waals surface area contributed by atoms with E-state index in [1.165, 1.54) is 24.2 Å². The Hall–Kier alpha value is -1.37. The molecule has 1 aromatic carbocycles. The van der Waals surface area contributed by atoms with Crippen LogP contribution in [0.4, 0.5) is 5.13 Å². The van der Waals surface area contributed by atoms with E-state index in [0.717, 1.165) is 36.1 Å². The van der Waals surface area contributed by atoms with Crippen LogP contribution in [0.3, 0.4) is 0 Å². The predicted molar refractivity (Wildman–Crippen MR) is 111 cm³/mol. The van der Waals surface area contributed by atoms with Crippen LogP contribution in [0.15, 0.2) is 34.5 Å². The van der Waals surface area contributed by atoms with Crippen LogP contribution in [0, 0.1) is 5.92 Å². The van der Waals surface area contributed by atoms with Crippen LogP contribution in [0.5, 0.6) is 0 Å². The minimum Gasteiger partial charge on any atom is -0.298 e. The summed E-state index contributed by atoms with van der Waals surface area (Å²) >= 11 is 3.21. The molecule has 2 aromatic rings. The van der Waals surface area contributed by atoms with Gasteiger partial charge in [0.1, 0.15) is 0 Å². The van der Waals surface area contributed by atoms with E-state index in [9.17, 15) is 4.79 Å². The summed E-state index contributed by atoms with van der Waals surface area (Å²) in [7, 11) is 0. The first-order chi connectivity index (χ1) is 12.5. The molecule has 0 bridgehead atoms. The molecule has 1 saturated heterocycles. The van der Waals surface area contributed by atoms with Gasteiger partial charge in [-0.1, -0.05) is 32.9 Å². The number of hydrogen-bond donors (Lipinski definition) is 1. The fraction of sp³-hybridized carbons (Fsp3) is 0.500. The minimum absolute atomic E-state index is 0.0822. The van der Waals surface area contributed by atoms with Gasteiger partial charge in [-0.2, -0.15) is 0 Å². The maximum Gasteiger partial charge on any atom is 0.258 e. The van der Waals surface area contributed by atoms with Crippen LogP contribution in [-0.2, 0) is 6.54 Å². The molecule has 1 atom stereocenters. The number of thiazole rings is 1. The Kier molecular flexibility index (Phi) is 6.73. The van der Waals surface area contributed by atoms with Gasteiger partial charge in [-0.15, -0.1) is 23.1 Å². The number of nitrogens with one attached hydrogen (secondary N) is 1. The number of carbonyl (C=O) groups excluding carboxylic acids is 1. The van der Waals surface area contributed by atoms with Crippen LogP contribution < -0.4 is 5.32 Å². The van der Waals surface area contributed by atoms with Gasteiger partial charge in [0.25, 0.3) is 5.91 Å². The van der Waals surface area contributed by atoms with Crippen molar-refractivity contribution in [3.63, 3.8) is 0 Å². The Morgan fingerprint density at radius 3 is 3.00 bits per heavy atom. The van der Waals surface area contributed by atoms with Gasteiger partial charge in [-0.3, -0.25) is 15.0 Å². The zero-order chi connectivity index (χ0) is 18.5. The quantitative estimate of drug-likeness (QED) is 0.696. The van der Waals surface area contributed by atoms with Crippen molar-refractivity contribution in [2.24, 2.45) is 5.92 Å². The minimum atomic E-state index is -0.0822. The zero-order valence-electron chi connectivity index (χ0n) is 15.7. The second kappa shape index (κ2) is 9.02. The van der Waals surface area contributed by atoms with Crippen molar-refractivity contribution in [1.82, 2.24) is 9.88 Å². The van der Waals surface area contributed by atoms with Crippen LogP contribution >= 0.6 is 23.1 Å². The molecule has 140 valence electrons. The Morgan fingerprint density at radius 1 is 1.42 bits per heavy atom. The van der Waals surface area contributed by atoms with Crippen molar-refractivity contribution in [2.75, 3.05) is 18.4 Å². The molecule has 1 N–H and O–H groups in total. The van der Waals surface area contributed by atoms with Crippen LogP contribution in [0.1, 0.15) is 49.7 Å². The van der Waals surface area contributed by atoms with Crippen molar-refractivity contribution in [1.29, 1.82) is 0 Å². The van der Waals surface area contributed by atoms with E-state index in [4.69, 9.17) is 0 Å². The molecule has 1 unspecified atom stereocenters. The first-order valence-electron chi connectivity index (χ1n) is 9.25. The Bertz CT molecular complexity index is 744. The summed E-state index contributed by atoms with van der Waals surface area (Å²) in [5.41, 5.74) is 1.76. The SMILES string of the molecule is CC1CCCN(Cc2csc(NC(=O)c3ccccc3SC(C)C)n2)C1. The Morgan fingerprint density at radius 2 is 2.23 bits per heavy atom. The Labute approximate surface area is 164 Å². The largest absolute Gasteiger partial charge is 0.298 e. The monoisotopic (exact) mass is 389 g/mol. The van der Waals surface area contributed by atoms with E-state index >= 15 is 0 Å². The second-order valence-corrected chi connectivity index (χ2v) is 9.72. The molecular weight excluding hydrogens is 362 g/mol. The third kappa shape index (κ3) is 5.32. The van der Waals surface area contributed by atoms with Gasteiger partial charge in [0.05, 0.1) is 11.3 Å². The highest BCUT2D eigenvalue weighted by Gasteiger charge is 2.18. The highest BCUT2D eigenvalue weighted by Crippen LogP contribution is 2.28. The zero-order valence-corrected chi connectivity index (χ0v) is 17.3. The first kappa shape index (κ1) is 19.4. The van der Waals surface area contributed by atoms with Crippen molar-refractivity contribution >= 4 is 34.1 Å². The van der Waals surface area contributed by atoms with Crippen LogP contribution in [0.2, 0.25) is 0 Å². The number of anilines is 1. The van der Waals surface area contributed by atoms with Crippen molar-refractivity contribution in [2.45, 2.75) is 50.3 Å². The summed E-state index contributed by atoms with van der Waals surface area (Å²) < 4.78 is 0. The molecule has 2 heterocycles. The fourth-order valence-electron chi connectivity index (χ4n) is 3.27. The molecule has 0 spiro atoms. The summed E-state index contributed by atoms with van der Waals surface area (Å²) in [6, 6.07) is 7.76. The van der Waals surface area contributed by atoms with E-state index in [1.54, 1.807) is 11.8 Å². The molecule has 1 amide bonds. The molecule has 26 heavy (non-hydrogen) atoms. The second-order valence-electron chi connectivity index (χ2n) is 7.24. The topological polar surface area (TPSA) is 45.2 Å². The van der Waals surface area contributed by atoms with Gasteiger partial charge >= 0.3 is 0 Å². The molecule has 3 rings (SSSR count). The normalized spacial score (nSPS) is 18.2.